The molecule has 0 saturated carbocycles. The fourth-order valence-electron chi connectivity index (χ4n) is 2.73. The van der Waals surface area contributed by atoms with Gasteiger partial charge in [0.05, 0.1) is 25.5 Å². The van der Waals surface area contributed by atoms with E-state index >= 15 is 0 Å². The molecule has 0 atom stereocenters. The summed E-state index contributed by atoms with van der Waals surface area (Å²) in [6.07, 6.45) is 5.13. The van der Waals surface area contributed by atoms with Crippen LogP contribution in [0.4, 0.5) is 22.9 Å². The molecule has 2 aromatic carbocycles. The quantitative estimate of drug-likeness (QED) is 0.742. The van der Waals surface area contributed by atoms with Crippen LogP contribution in [-0.4, -0.2) is 23.3 Å². The lowest BCUT2D eigenvalue weighted by Gasteiger charge is -2.15. The molecule has 3 aromatic rings. The SMILES string of the molecule is COc1cc2c(cc1Nc1ncncc1Nc1ccccc1)C=NC2. The normalized spacial score (nSPS) is 11.9. The van der Waals surface area contributed by atoms with E-state index < -0.39 is 0 Å². The number of para-hydroxylation sites is 1. The molecule has 2 N–H and O–H groups in total. The highest BCUT2D eigenvalue weighted by Crippen LogP contribution is 2.34. The third-order valence-corrected chi connectivity index (χ3v) is 3.97. The van der Waals surface area contributed by atoms with Gasteiger partial charge in [-0.15, -0.1) is 0 Å². The van der Waals surface area contributed by atoms with Gasteiger partial charge in [0.15, 0.2) is 5.82 Å². The van der Waals surface area contributed by atoms with Crippen LogP contribution in [0.25, 0.3) is 0 Å². The van der Waals surface area contributed by atoms with Gasteiger partial charge in [-0.1, -0.05) is 18.2 Å². The number of nitrogens with one attached hydrogen (secondary N) is 2. The van der Waals surface area contributed by atoms with Crippen LogP contribution in [0.2, 0.25) is 0 Å². The summed E-state index contributed by atoms with van der Waals surface area (Å²) >= 11 is 0. The molecule has 0 radical (unpaired) electrons. The minimum Gasteiger partial charge on any atom is -0.495 e. The number of hydrogen-bond donors (Lipinski definition) is 2. The highest BCUT2D eigenvalue weighted by atomic mass is 16.5. The summed E-state index contributed by atoms with van der Waals surface area (Å²) in [7, 11) is 1.66. The van der Waals surface area contributed by atoms with E-state index in [1.807, 2.05) is 48.7 Å². The molecule has 6 nitrogen and oxygen atoms in total. The summed E-state index contributed by atoms with van der Waals surface area (Å²) in [5, 5.41) is 6.67. The van der Waals surface area contributed by atoms with Crippen molar-refractivity contribution < 1.29 is 4.74 Å². The minimum absolute atomic E-state index is 0.673. The van der Waals surface area contributed by atoms with E-state index in [9.17, 15) is 0 Å². The smallest absolute Gasteiger partial charge is 0.157 e. The van der Waals surface area contributed by atoms with Gasteiger partial charge in [0.25, 0.3) is 0 Å². The summed E-state index contributed by atoms with van der Waals surface area (Å²) < 4.78 is 5.52. The molecule has 25 heavy (non-hydrogen) atoms. The number of nitrogens with zero attached hydrogens (tertiary/aromatic N) is 3. The summed E-state index contributed by atoms with van der Waals surface area (Å²) in [5.41, 5.74) is 4.84. The van der Waals surface area contributed by atoms with E-state index in [1.165, 1.54) is 6.33 Å². The Bertz CT molecular complexity index is 924. The molecule has 0 bridgehead atoms. The van der Waals surface area contributed by atoms with Gasteiger partial charge in [-0.3, -0.25) is 4.99 Å². The Morgan fingerprint density at radius 2 is 1.92 bits per heavy atom. The molecule has 0 saturated heterocycles. The highest BCUT2D eigenvalue weighted by Gasteiger charge is 2.14. The highest BCUT2D eigenvalue weighted by molar-refractivity contribution is 5.88. The lowest BCUT2D eigenvalue weighted by molar-refractivity contribution is 0.416. The largest absolute Gasteiger partial charge is 0.495 e. The maximum atomic E-state index is 5.52. The van der Waals surface area contributed by atoms with Crippen molar-refractivity contribution in [2.45, 2.75) is 6.54 Å². The number of hydrogen-bond acceptors (Lipinski definition) is 6. The van der Waals surface area contributed by atoms with E-state index in [0.717, 1.165) is 33.9 Å². The minimum atomic E-state index is 0.673. The predicted octanol–water partition coefficient (Wildman–Crippen LogP) is 3.90. The Hall–Kier alpha value is -3.41. The Morgan fingerprint density at radius 1 is 1.04 bits per heavy atom. The predicted molar refractivity (Wildman–Crippen MR) is 99.3 cm³/mol. The van der Waals surface area contributed by atoms with Crippen molar-refractivity contribution in [2.75, 3.05) is 17.7 Å². The standard InChI is InChI=1S/C19H17N5O/c1-25-18-8-14-10-20-9-13(14)7-16(18)24-19-17(11-21-12-22-19)23-15-5-3-2-4-6-15/h2-9,11-12,23H,10H2,1H3,(H,21,22,24). The van der Waals surface area contributed by atoms with Crippen LogP contribution >= 0.6 is 0 Å². The molecule has 6 heteroatoms. The van der Waals surface area contributed by atoms with Gasteiger partial charge < -0.3 is 15.4 Å². The first-order valence-electron chi connectivity index (χ1n) is 7.93. The van der Waals surface area contributed by atoms with Crippen LogP contribution in [0, 0.1) is 0 Å². The van der Waals surface area contributed by atoms with Crippen molar-refractivity contribution in [1.29, 1.82) is 0 Å². The van der Waals surface area contributed by atoms with E-state index in [0.29, 0.717) is 12.4 Å². The maximum Gasteiger partial charge on any atom is 0.157 e. The second-order valence-corrected chi connectivity index (χ2v) is 5.62. The zero-order valence-electron chi connectivity index (χ0n) is 13.7. The number of fused-ring (bicyclic) bond motifs is 1. The van der Waals surface area contributed by atoms with Crippen LogP contribution in [0.3, 0.4) is 0 Å². The zero-order valence-corrected chi connectivity index (χ0v) is 13.7. The first kappa shape index (κ1) is 15.1. The molecule has 1 aliphatic heterocycles. The molecule has 0 aliphatic carbocycles. The molecule has 2 heterocycles. The van der Waals surface area contributed by atoms with Gasteiger partial charge in [-0.25, -0.2) is 9.97 Å². The van der Waals surface area contributed by atoms with Gasteiger partial charge >= 0.3 is 0 Å². The lowest BCUT2D eigenvalue weighted by atomic mass is 10.1. The Balaban J connectivity index is 1.66. The molecule has 1 aliphatic rings. The average molecular weight is 331 g/mol. The van der Waals surface area contributed by atoms with Crippen LogP contribution in [0.5, 0.6) is 5.75 Å². The van der Waals surface area contributed by atoms with Crippen molar-refractivity contribution in [3.63, 3.8) is 0 Å². The average Bonchev–Trinajstić information content (AvgIpc) is 3.11. The fraction of sp³-hybridized carbons (Fsp3) is 0.105. The summed E-state index contributed by atoms with van der Waals surface area (Å²) in [5.74, 6) is 1.43. The number of aliphatic imine (C=N–C) groups is 1. The van der Waals surface area contributed by atoms with E-state index in [1.54, 1.807) is 13.3 Å². The zero-order chi connectivity index (χ0) is 17.1. The molecular weight excluding hydrogens is 314 g/mol. The van der Waals surface area contributed by atoms with E-state index in [-0.39, 0.29) is 0 Å². The number of aromatic nitrogens is 2. The summed E-state index contributed by atoms with van der Waals surface area (Å²) in [6, 6.07) is 13.9. The molecule has 4 rings (SSSR count). The van der Waals surface area contributed by atoms with E-state index in [4.69, 9.17) is 4.74 Å². The first-order chi connectivity index (χ1) is 12.3. The topological polar surface area (TPSA) is 71.4 Å². The monoisotopic (exact) mass is 331 g/mol. The third-order valence-electron chi connectivity index (χ3n) is 3.97. The fourth-order valence-corrected chi connectivity index (χ4v) is 2.73. The number of anilines is 4. The number of rotatable bonds is 5. The lowest BCUT2D eigenvalue weighted by Crippen LogP contribution is -2.03. The van der Waals surface area contributed by atoms with Gasteiger partial charge in [0.2, 0.25) is 0 Å². The van der Waals surface area contributed by atoms with E-state index in [2.05, 4.69) is 25.6 Å². The molecular formula is C19H17N5O. The van der Waals surface area contributed by atoms with Crippen LogP contribution in [0.15, 0.2) is 60.0 Å². The van der Waals surface area contributed by atoms with Crippen LogP contribution in [0.1, 0.15) is 11.1 Å². The van der Waals surface area contributed by atoms with Gasteiger partial charge in [-0.2, -0.15) is 0 Å². The molecule has 1 aromatic heterocycles. The van der Waals surface area contributed by atoms with Gasteiger partial charge in [-0.05, 0) is 35.4 Å². The molecule has 0 spiro atoms. The molecule has 0 unspecified atom stereocenters. The summed E-state index contributed by atoms with van der Waals surface area (Å²) in [4.78, 5) is 12.8. The van der Waals surface area contributed by atoms with Crippen molar-refractivity contribution in [2.24, 2.45) is 4.99 Å². The summed E-state index contributed by atoms with van der Waals surface area (Å²) in [6.45, 7) is 0.695. The van der Waals surface area contributed by atoms with Gasteiger partial charge in [0, 0.05) is 11.9 Å². The number of ether oxygens (including phenoxy) is 1. The van der Waals surface area contributed by atoms with Crippen molar-refractivity contribution in [3.05, 3.63) is 66.1 Å². The van der Waals surface area contributed by atoms with Crippen molar-refractivity contribution in [3.8, 4) is 5.75 Å². The second-order valence-electron chi connectivity index (χ2n) is 5.62. The number of methoxy groups -OCH3 is 1. The maximum absolute atomic E-state index is 5.52. The Kier molecular flexibility index (Phi) is 4.00. The molecule has 0 fully saturated rings. The Morgan fingerprint density at radius 3 is 2.76 bits per heavy atom. The Labute approximate surface area is 145 Å². The van der Waals surface area contributed by atoms with Crippen molar-refractivity contribution >= 4 is 29.1 Å². The molecule has 0 amide bonds. The second kappa shape index (κ2) is 6.60. The first-order valence-corrected chi connectivity index (χ1v) is 7.93. The van der Waals surface area contributed by atoms with Crippen LogP contribution < -0.4 is 15.4 Å². The third kappa shape index (κ3) is 3.14. The number of benzene rings is 2. The van der Waals surface area contributed by atoms with Crippen LogP contribution in [-0.2, 0) is 6.54 Å². The van der Waals surface area contributed by atoms with Gasteiger partial charge in [0.1, 0.15) is 17.8 Å². The van der Waals surface area contributed by atoms with Crippen molar-refractivity contribution in [1.82, 2.24) is 9.97 Å². The molecule has 124 valence electrons.